The van der Waals surface area contributed by atoms with Crippen LogP contribution in [0.3, 0.4) is 0 Å². The van der Waals surface area contributed by atoms with E-state index in [1.807, 2.05) is 17.5 Å². The molecule has 0 amide bonds. The highest BCUT2D eigenvalue weighted by molar-refractivity contribution is 7.15. The molecule has 1 aromatic heterocycles. The molecule has 1 aromatic rings. The third kappa shape index (κ3) is 4.66. The molecule has 1 aliphatic heterocycles. The van der Waals surface area contributed by atoms with Crippen molar-refractivity contribution in [2.45, 2.75) is 59.2 Å². The molecule has 120 valence electrons. The molecule has 2 rings (SSSR count). The fraction of sp³-hybridized carbons (Fsp3) is 0.812. The largest absolute Gasteiger partial charge is 0.349 e. The van der Waals surface area contributed by atoms with Crippen LogP contribution in [0.1, 0.15) is 45.4 Å². The molecule has 0 atom stereocenters. The second-order valence-corrected chi connectivity index (χ2v) is 7.16. The van der Waals surface area contributed by atoms with E-state index < -0.39 is 0 Å². The summed E-state index contributed by atoms with van der Waals surface area (Å²) < 4.78 is 0. The smallest absolute Gasteiger partial charge is 0.185 e. The van der Waals surface area contributed by atoms with Gasteiger partial charge in [-0.25, -0.2) is 4.98 Å². The van der Waals surface area contributed by atoms with Gasteiger partial charge in [0.05, 0.1) is 0 Å². The molecule has 1 aliphatic rings. The third-order valence-electron chi connectivity index (χ3n) is 4.40. The van der Waals surface area contributed by atoms with Gasteiger partial charge < -0.3 is 15.1 Å². The van der Waals surface area contributed by atoms with Crippen LogP contribution in [-0.2, 0) is 6.54 Å². The van der Waals surface area contributed by atoms with Gasteiger partial charge in [-0.3, -0.25) is 0 Å². The molecule has 2 heterocycles. The van der Waals surface area contributed by atoms with Crippen molar-refractivity contribution in [3.05, 3.63) is 11.1 Å². The van der Waals surface area contributed by atoms with Crippen molar-refractivity contribution in [3.8, 4) is 0 Å². The lowest BCUT2D eigenvalue weighted by atomic mass is 10.0. The van der Waals surface area contributed by atoms with Gasteiger partial charge in [-0.2, -0.15) is 0 Å². The van der Waals surface area contributed by atoms with E-state index >= 15 is 0 Å². The molecule has 0 bridgehead atoms. The van der Waals surface area contributed by atoms with E-state index in [0.717, 1.165) is 24.8 Å². The minimum absolute atomic E-state index is 0.666. The van der Waals surface area contributed by atoms with Gasteiger partial charge in [-0.1, -0.05) is 0 Å². The summed E-state index contributed by atoms with van der Waals surface area (Å²) in [6.07, 6.45) is 4.56. The summed E-state index contributed by atoms with van der Waals surface area (Å²) in [5.74, 6) is 0. The first kappa shape index (κ1) is 16.7. The Morgan fingerprint density at radius 2 is 2.00 bits per heavy atom. The highest BCUT2D eigenvalue weighted by Gasteiger charge is 2.20. The molecule has 5 heteroatoms. The normalized spacial score (nSPS) is 17.6. The predicted molar refractivity (Wildman–Crippen MR) is 92.2 cm³/mol. The van der Waals surface area contributed by atoms with Crippen LogP contribution in [0, 0.1) is 0 Å². The van der Waals surface area contributed by atoms with Gasteiger partial charge in [0.2, 0.25) is 0 Å². The molecule has 1 saturated heterocycles. The Kier molecular flexibility index (Phi) is 6.45. The Morgan fingerprint density at radius 3 is 2.57 bits per heavy atom. The average Bonchev–Trinajstić information content (AvgIpc) is 2.96. The van der Waals surface area contributed by atoms with Gasteiger partial charge in [-0.15, -0.1) is 11.3 Å². The first-order valence-corrected chi connectivity index (χ1v) is 9.12. The maximum Gasteiger partial charge on any atom is 0.185 e. The number of likely N-dealkylation sites (tertiary alicyclic amines) is 1. The van der Waals surface area contributed by atoms with E-state index in [9.17, 15) is 0 Å². The molecule has 0 unspecified atom stereocenters. The van der Waals surface area contributed by atoms with Crippen LogP contribution in [0.25, 0.3) is 0 Å². The van der Waals surface area contributed by atoms with Crippen molar-refractivity contribution in [1.29, 1.82) is 0 Å². The summed E-state index contributed by atoms with van der Waals surface area (Å²) in [6.45, 7) is 14.4. The topological polar surface area (TPSA) is 31.4 Å². The number of nitrogens with zero attached hydrogens (tertiary/aromatic N) is 3. The summed E-state index contributed by atoms with van der Waals surface area (Å²) in [5, 5.41) is 4.87. The highest BCUT2D eigenvalue weighted by atomic mass is 32.1. The van der Waals surface area contributed by atoms with Gasteiger partial charge in [0.1, 0.15) is 0 Å². The van der Waals surface area contributed by atoms with Crippen molar-refractivity contribution in [2.75, 3.05) is 31.1 Å². The molecule has 0 aliphatic carbocycles. The maximum atomic E-state index is 4.55. The highest BCUT2D eigenvalue weighted by Crippen LogP contribution is 2.22. The standard InChI is InChI=1S/C16H30N4S/c1-5-19(6-2)16-18-12-15(21-16)11-17-14-7-9-20(10-8-14)13(3)4/h12-14,17H,5-11H2,1-4H3. The minimum Gasteiger partial charge on any atom is -0.349 e. The van der Waals surface area contributed by atoms with E-state index in [1.165, 1.54) is 30.8 Å². The average molecular weight is 311 g/mol. The van der Waals surface area contributed by atoms with Crippen LogP contribution in [0.15, 0.2) is 6.20 Å². The number of aromatic nitrogens is 1. The van der Waals surface area contributed by atoms with E-state index in [2.05, 4.69) is 47.8 Å². The van der Waals surface area contributed by atoms with Crippen molar-refractivity contribution in [2.24, 2.45) is 0 Å². The second-order valence-electron chi connectivity index (χ2n) is 6.07. The zero-order chi connectivity index (χ0) is 15.2. The van der Waals surface area contributed by atoms with Crippen LogP contribution in [-0.4, -0.2) is 48.1 Å². The lowest BCUT2D eigenvalue weighted by Gasteiger charge is -2.34. The molecule has 0 radical (unpaired) electrons. The molecule has 1 N–H and O–H groups in total. The molecule has 0 spiro atoms. The number of hydrogen-bond acceptors (Lipinski definition) is 5. The molecule has 4 nitrogen and oxygen atoms in total. The fourth-order valence-electron chi connectivity index (χ4n) is 2.88. The SMILES string of the molecule is CCN(CC)c1ncc(CNC2CCN(C(C)C)CC2)s1. The van der Waals surface area contributed by atoms with Gasteiger partial charge in [-0.05, 0) is 53.6 Å². The lowest BCUT2D eigenvalue weighted by Crippen LogP contribution is -2.44. The molecule has 21 heavy (non-hydrogen) atoms. The van der Waals surface area contributed by atoms with E-state index in [-0.39, 0.29) is 0 Å². The zero-order valence-corrected chi connectivity index (χ0v) is 14.7. The van der Waals surface area contributed by atoms with Gasteiger partial charge >= 0.3 is 0 Å². The third-order valence-corrected chi connectivity index (χ3v) is 5.46. The van der Waals surface area contributed by atoms with Gasteiger partial charge in [0, 0.05) is 42.8 Å². The summed E-state index contributed by atoms with van der Waals surface area (Å²) in [6, 6.07) is 1.35. The lowest BCUT2D eigenvalue weighted by molar-refractivity contribution is 0.161. The predicted octanol–water partition coefficient (Wildman–Crippen LogP) is 2.95. The second kappa shape index (κ2) is 8.11. The Morgan fingerprint density at radius 1 is 1.33 bits per heavy atom. The first-order valence-electron chi connectivity index (χ1n) is 8.31. The molecule has 1 fully saturated rings. The van der Waals surface area contributed by atoms with Crippen LogP contribution in [0.5, 0.6) is 0 Å². The number of piperidine rings is 1. The number of anilines is 1. The number of hydrogen-bond donors (Lipinski definition) is 1. The Hall–Kier alpha value is -0.650. The summed E-state index contributed by atoms with van der Waals surface area (Å²) >= 11 is 1.83. The van der Waals surface area contributed by atoms with Crippen LogP contribution < -0.4 is 10.2 Å². The summed E-state index contributed by atoms with van der Waals surface area (Å²) in [5.41, 5.74) is 0. The quantitative estimate of drug-likeness (QED) is 0.839. The van der Waals surface area contributed by atoms with E-state index in [4.69, 9.17) is 0 Å². The number of nitrogens with one attached hydrogen (secondary N) is 1. The van der Waals surface area contributed by atoms with Crippen molar-refractivity contribution < 1.29 is 0 Å². The minimum atomic E-state index is 0.666. The van der Waals surface area contributed by atoms with E-state index in [1.54, 1.807) is 0 Å². The van der Waals surface area contributed by atoms with Crippen LogP contribution in [0.4, 0.5) is 5.13 Å². The molecule has 0 saturated carbocycles. The monoisotopic (exact) mass is 310 g/mol. The first-order chi connectivity index (χ1) is 10.1. The number of rotatable bonds is 7. The molecule has 0 aromatic carbocycles. The number of thiazole rings is 1. The maximum absolute atomic E-state index is 4.55. The zero-order valence-electron chi connectivity index (χ0n) is 13.9. The van der Waals surface area contributed by atoms with Gasteiger partial charge in [0.25, 0.3) is 0 Å². The van der Waals surface area contributed by atoms with Crippen LogP contribution >= 0.6 is 11.3 Å². The van der Waals surface area contributed by atoms with Gasteiger partial charge in [0.15, 0.2) is 5.13 Å². The molecular weight excluding hydrogens is 280 g/mol. The summed E-state index contributed by atoms with van der Waals surface area (Å²) in [7, 11) is 0. The van der Waals surface area contributed by atoms with Crippen molar-refractivity contribution in [3.63, 3.8) is 0 Å². The fourth-order valence-corrected chi connectivity index (χ4v) is 3.87. The Bertz CT molecular complexity index is 406. The molecular formula is C16H30N4S. The van der Waals surface area contributed by atoms with Crippen molar-refractivity contribution >= 4 is 16.5 Å². The summed E-state index contributed by atoms with van der Waals surface area (Å²) in [4.78, 5) is 10.8. The van der Waals surface area contributed by atoms with Crippen LogP contribution in [0.2, 0.25) is 0 Å². The van der Waals surface area contributed by atoms with Crippen molar-refractivity contribution in [1.82, 2.24) is 15.2 Å². The Balaban J connectivity index is 1.76. The van der Waals surface area contributed by atoms with E-state index in [0.29, 0.717) is 12.1 Å². The Labute approximate surface area is 133 Å².